The molecule has 23 heavy (non-hydrogen) atoms. The first-order valence-electron chi connectivity index (χ1n) is 6.69. The number of anilines is 2. The van der Waals surface area contributed by atoms with Gasteiger partial charge in [-0.1, -0.05) is 48.2 Å². The minimum atomic E-state index is -3.57. The van der Waals surface area contributed by atoms with Crippen LogP contribution in [0, 0.1) is 0 Å². The van der Waals surface area contributed by atoms with Gasteiger partial charge in [-0.15, -0.1) is 10.2 Å². The molecule has 0 aliphatic heterocycles. The van der Waals surface area contributed by atoms with Crippen molar-refractivity contribution in [2.24, 2.45) is 0 Å². The number of nitrogens with one attached hydrogen (secondary N) is 1. The van der Waals surface area contributed by atoms with E-state index in [9.17, 15) is 13.2 Å². The summed E-state index contributed by atoms with van der Waals surface area (Å²) in [6, 6.07) is 8.47. The molecule has 0 spiro atoms. The van der Waals surface area contributed by atoms with Gasteiger partial charge in [-0.25, -0.2) is 8.42 Å². The van der Waals surface area contributed by atoms with Crippen molar-refractivity contribution in [3.8, 4) is 0 Å². The van der Waals surface area contributed by atoms with Crippen molar-refractivity contribution in [2.75, 3.05) is 28.2 Å². The zero-order valence-corrected chi connectivity index (χ0v) is 15.0. The first kappa shape index (κ1) is 17.7. The molecule has 0 saturated carbocycles. The van der Waals surface area contributed by atoms with Gasteiger partial charge < -0.3 is 0 Å². The summed E-state index contributed by atoms with van der Waals surface area (Å²) < 4.78 is 25.7. The van der Waals surface area contributed by atoms with Gasteiger partial charge in [0.25, 0.3) is 0 Å². The first-order valence-corrected chi connectivity index (χ1v) is 10.3. The van der Waals surface area contributed by atoms with Crippen LogP contribution >= 0.6 is 23.1 Å². The minimum absolute atomic E-state index is 0.321. The molecule has 7 nitrogen and oxygen atoms in total. The van der Waals surface area contributed by atoms with E-state index in [0.29, 0.717) is 10.8 Å². The first-order chi connectivity index (χ1) is 10.9. The number of hydrogen-bond acceptors (Lipinski definition) is 7. The molecule has 1 heterocycles. The van der Waals surface area contributed by atoms with Gasteiger partial charge >= 0.3 is 0 Å². The Morgan fingerprint density at radius 1 is 1.30 bits per heavy atom. The van der Waals surface area contributed by atoms with Crippen LogP contribution in [-0.4, -0.2) is 43.1 Å². The summed E-state index contributed by atoms with van der Waals surface area (Å²) in [7, 11) is -3.57. The van der Waals surface area contributed by atoms with Crippen molar-refractivity contribution in [2.45, 2.75) is 11.3 Å². The lowest BCUT2D eigenvalue weighted by molar-refractivity contribution is -0.114. The van der Waals surface area contributed by atoms with E-state index in [-0.39, 0.29) is 6.54 Å². The number of carbonyl (C=O) groups is 1. The Hall–Kier alpha value is -1.65. The van der Waals surface area contributed by atoms with E-state index >= 15 is 0 Å². The summed E-state index contributed by atoms with van der Waals surface area (Å²) >= 11 is 2.78. The molecule has 1 aromatic carbocycles. The molecule has 0 bridgehead atoms. The topological polar surface area (TPSA) is 92.3 Å². The van der Waals surface area contributed by atoms with E-state index in [1.165, 1.54) is 23.1 Å². The van der Waals surface area contributed by atoms with Gasteiger partial charge in [0, 0.05) is 0 Å². The van der Waals surface area contributed by atoms with Crippen LogP contribution in [-0.2, 0) is 14.8 Å². The zero-order valence-electron chi connectivity index (χ0n) is 12.6. The van der Waals surface area contributed by atoms with Crippen LogP contribution in [0.5, 0.6) is 0 Å². The number of aromatic nitrogens is 2. The average Bonchev–Trinajstić information content (AvgIpc) is 2.92. The van der Waals surface area contributed by atoms with Gasteiger partial charge in [-0.2, -0.15) is 0 Å². The Labute approximate surface area is 143 Å². The zero-order chi connectivity index (χ0) is 16.9. The molecule has 10 heteroatoms. The van der Waals surface area contributed by atoms with E-state index in [0.717, 1.165) is 20.7 Å². The lowest BCUT2D eigenvalue weighted by Crippen LogP contribution is -2.37. The predicted octanol–water partition coefficient (Wildman–Crippen LogP) is 2.05. The molecule has 0 aliphatic rings. The molecule has 0 atom stereocenters. The number of carbonyl (C=O) groups excluding carboxylic acids is 1. The second-order valence-corrected chi connectivity index (χ2v) is 8.85. The van der Waals surface area contributed by atoms with E-state index in [2.05, 4.69) is 15.5 Å². The summed E-state index contributed by atoms with van der Waals surface area (Å²) in [5.74, 6) is 0.391. The molecule has 0 unspecified atom stereocenters. The smallest absolute Gasteiger partial charge is 0.246 e. The van der Waals surface area contributed by atoms with Gasteiger partial charge in [0.05, 0.1) is 11.9 Å². The number of nitrogens with zero attached hydrogens (tertiary/aromatic N) is 3. The van der Waals surface area contributed by atoms with Crippen LogP contribution in [0.4, 0.5) is 10.8 Å². The Morgan fingerprint density at radius 3 is 2.61 bits per heavy atom. The molecule has 124 valence electrons. The molecular weight excluding hydrogens is 356 g/mol. The largest absolute Gasteiger partial charge is 0.299 e. The molecule has 0 radical (unpaired) electrons. The van der Waals surface area contributed by atoms with Crippen LogP contribution in [0.2, 0.25) is 0 Å². The number of para-hydroxylation sites is 1. The van der Waals surface area contributed by atoms with Crippen molar-refractivity contribution in [3.05, 3.63) is 30.3 Å². The molecule has 1 N–H and O–H groups in total. The lowest BCUT2D eigenvalue weighted by atomic mass is 10.3. The van der Waals surface area contributed by atoms with Crippen LogP contribution in [0.1, 0.15) is 6.92 Å². The number of hydrogen-bond donors (Lipinski definition) is 1. The van der Waals surface area contributed by atoms with Gasteiger partial charge in [0.2, 0.25) is 21.1 Å². The standard InChI is InChI=1S/C13H16N4O3S3/c1-3-21-13-16-15-12(22-13)14-11(18)9-17(23(2,19)20)10-7-5-4-6-8-10/h4-8H,3,9H2,1-2H3,(H,14,15,18). The fraction of sp³-hybridized carbons (Fsp3) is 0.308. The van der Waals surface area contributed by atoms with Crippen molar-refractivity contribution in [1.29, 1.82) is 0 Å². The second-order valence-electron chi connectivity index (χ2n) is 4.46. The van der Waals surface area contributed by atoms with Crippen LogP contribution in [0.15, 0.2) is 34.7 Å². The van der Waals surface area contributed by atoms with Gasteiger partial charge in [-0.05, 0) is 17.9 Å². The highest BCUT2D eigenvalue weighted by Gasteiger charge is 2.21. The summed E-state index contributed by atoms with van der Waals surface area (Å²) in [5.41, 5.74) is 0.435. The molecular formula is C13H16N4O3S3. The third-order valence-electron chi connectivity index (χ3n) is 2.65. The quantitative estimate of drug-likeness (QED) is 0.591. The van der Waals surface area contributed by atoms with Crippen LogP contribution in [0.3, 0.4) is 0 Å². The maximum absolute atomic E-state index is 12.1. The maximum Gasteiger partial charge on any atom is 0.246 e. The lowest BCUT2D eigenvalue weighted by Gasteiger charge is -2.21. The highest BCUT2D eigenvalue weighted by Crippen LogP contribution is 2.25. The van der Waals surface area contributed by atoms with Crippen molar-refractivity contribution >= 4 is 49.8 Å². The maximum atomic E-state index is 12.1. The Bertz CT molecular complexity index is 762. The van der Waals surface area contributed by atoms with Gasteiger partial charge in [-0.3, -0.25) is 14.4 Å². The average molecular weight is 372 g/mol. The molecule has 2 aromatic rings. The number of thioether (sulfide) groups is 1. The third-order valence-corrected chi connectivity index (χ3v) is 5.65. The third kappa shape index (κ3) is 5.19. The minimum Gasteiger partial charge on any atom is -0.299 e. The van der Waals surface area contributed by atoms with E-state index in [4.69, 9.17) is 0 Å². The van der Waals surface area contributed by atoms with Gasteiger partial charge in [0.15, 0.2) is 4.34 Å². The van der Waals surface area contributed by atoms with E-state index in [1.54, 1.807) is 30.3 Å². The highest BCUT2D eigenvalue weighted by atomic mass is 32.2. The summed E-state index contributed by atoms with van der Waals surface area (Å²) in [4.78, 5) is 12.1. The number of benzene rings is 1. The van der Waals surface area contributed by atoms with E-state index in [1.807, 2.05) is 6.92 Å². The summed E-state index contributed by atoms with van der Waals surface area (Å²) in [6.45, 7) is 1.67. The SMILES string of the molecule is CCSc1nnc(NC(=O)CN(c2ccccc2)S(C)(=O)=O)s1. The van der Waals surface area contributed by atoms with Crippen LogP contribution in [0.25, 0.3) is 0 Å². The molecule has 1 aromatic heterocycles. The predicted molar refractivity (Wildman–Crippen MR) is 93.6 cm³/mol. The molecule has 2 rings (SSSR count). The number of rotatable bonds is 7. The second kappa shape index (κ2) is 7.75. The monoisotopic (exact) mass is 372 g/mol. The fourth-order valence-electron chi connectivity index (χ4n) is 1.73. The summed E-state index contributed by atoms with van der Waals surface area (Å²) in [5, 5.41) is 10.7. The van der Waals surface area contributed by atoms with Crippen molar-refractivity contribution < 1.29 is 13.2 Å². The normalized spacial score (nSPS) is 11.2. The highest BCUT2D eigenvalue weighted by molar-refractivity contribution is 8.01. The molecule has 0 fully saturated rings. The fourth-order valence-corrected chi connectivity index (χ4v) is 4.25. The molecule has 0 saturated heterocycles. The van der Waals surface area contributed by atoms with Crippen LogP contribution < -0.4 is 9.62 Å². The van der Waals surface area contributed by atoms with Gasteiger partial charge in [0.1, 0.15) is 6.54 Å². The Balaban J connectivity index is 2.09. The van der Waals surface area contributed by atoms with E-state index < -0.39 is 15.9 Å². The molecule has 0 aliphatic carbocycles. The Morgan fingerprint density at radius 2 is 2.00 bits per heavy atom. The van der Waals surface area contributed by atoms with Crippen molar-refractivity contribution in [1.82, 2.24) is 10.2 Å². The molecule has 1 amide bonds. The Kier molecular flexibility index (Phi) is 5.97. The number of sulfonamides is 1. The number of amides is 1. The van der Waals surface area contributed by atoms with Crippen molar-refractivity contribution in [3.63, 3.8) is 0 Å². The summed E-state index contributed by atoms with van der Waals surface area (Å²) in [6.07, 6.45) is 1.06.